The van der Waals surface area contributed by atoms with Crippen LogP contribution in [0, 0.1) is 13.8 Å². The Morgan fingerprint density at radius 2 is 2.23 bits per heavy atom. The average Bonchev–Trinajstić information content (AvgIpc) is 2.41. The minimum absolute atomic E-state index is 0.0891. The zero-order chi connectivity index (χ0) is 9.84. The van der Waals surface area contributed by atoms with Crippen molar-refractivity contribution >= 4 is 0 Å². The summed E-state index contributed by atoms with van der Waals surface area (Å²) in [4.78, 5) is 4.20. The molecular formula is C8H16N4O. The second-order valence-electron chi connectivity index (χ2n) is 3.00. The molecule has 1 aromatic heterocycles. The van der Waals surface area contributed by atoms with Crippen LogP contribution in [-0.2, 0) is 4.74 Å². The van der Waals surface area contributed by atoms with Gasteiger partial charge in [-0.2, -0.15) is 5.10 Å². The maximum atomic E-state index is 5.60. The molecule has 0 aliphatic rings. The number of methoxy groups -OCH3 is 1. The third kappa shape index (κ3) is 2.26. The second kappa shape index (κ2) is 4.34. The summed E-state index contributed by atoms with van der Waals surface area (Å²) in [5, 5.41) is 4.25. The van der Waals surface area contributed by atoms with E-state index in [9.17, 15) is 0 Å². The fourth-order valence-corrected chi connectivity index (χ4v) is 1.31. The van der Waals surface area contributed by atoms with Gasteiger partial charge in [0.1, 0.15) is 11.6 Å². The van der Waals surface area contributed by atoms with Crippen LogP contribution in [0.25, 0.3) is 0 Å². The van der Waals surface area contributed by atoms with E-state index in [2.05, 4.69) is 10.1 Å². The van der Waals surface area contributed by atoms with Crippen LogP contribution in [0.3, 0.4) is 0 Å². The van der Waals surface area contributed by atoms with Crippen LogP contribution in [0.4, 0.5) is 0 Å². The Balaban J connectivity index is 2.83. The first-order valence-electron chi connectivity index (χ1n) is 4.27. The number of hydrogen-bond donors (Lipinski definition) is 1. The Bertz CT molecular complexity index is 271. The van der Waals surface area contributed by atoms with E-state index in [1.54, 1.807) is 7.11 Å². The number of nitrogens with zero attached hydrogens (tertiary/aromatic N) is 3. The molecule has 0 saturated heterocycles. The normalized spacial score (nSPS) is 13.2. The summed E-state index contributed by atoms with van der Waals surface area (Å²) in [6.45, 7) is 4.86. The third-order valence-electron chi connectivity index (χ3n) is 1.88. The lowest BCUT2D eigenvalue weighted by atomic mass is 10.3. The SMILES string of the molecule is COCC(CN)n1nc(C)nc1C. The quantitative estimate of drug-likeness (QED) is 0.717. The monoisotopic (exact) mass is 184 g/mol. The number of nitrogens with two attached hydrogens (primary N) is 1. The molecule has 0 amide bonds. The van der Waals surface area contributed by atoms with Gasteiger partial charge < -0.3 is 10.5 Å². The summed E-state index contributed by atoms with van der Waals surface area (Å²) < 4.78 is 6.86. The van der Waals surface area contributed by atoms with Crippen LogP contribution in [0.15, 0.2) is 0 Å². The molecule has 0 bridgehead atoms. The molecule has 0 aliphatic carbocycles. The van der Waals surface area contributed by atoms with Gasteiger partial charge in [-0.25, -0.2) is 9.67 Å². The van der Waals surface area contributed by atoms with Crippen LogP contribution >= 0.6 is 0 Å². The van der Waals surface area contributed by atoms with Gasteiger partial charge in [0.05, 0.1) is 12.6 Å². The molecule has 0 saturated carbocycles. The number of rotatable bonds is 4. The lowest BCUT2D eigenvalue weighted by molar-refractivity contribution is 0.151. The Labute approximate surface area is 77.9 Å². The van der Waals surface area contributed by atoms with Gasteiger partial charge in [0.2, 0.25) is 0 Å². The van der Waals surface area contributed by atoms with Gasteiger partial charge in [-0.15, -0.1) is 0 Å². The second-order valence-corrected chi connectivity index (χ2v) is 3.00. The van der Waals surface area contributed by atoms with Crippen molar-refractivity contribution in [2.45, 2.75) is 19.9 Å². The van der Waals surface area contributed by atoms with Crippen LogP contribution < -0.4 is 5.73 Å². The van der Waals surface area contributed by atoms with Crippen molar-refractivity contribution in [1.82, 2.24) is 14.8 Å². The highest BCUT2D eigenvalue weighted by Gasteiger charge is 2.13. The fraction of sp³-hybridized carbons (Fsp3) is 0.750. The number of ether oxygens (including phenoxy) is 1. The molecule has 0 spiro atoms. The minimum Gasteiger partial charge on any atom is -0.382 e. The maximum absolute atomic E-state index is 5.60. The van der Waals surface area contributed by atoms with Gasteiger partial charge in [-0.05, 0) is 13.8 Å². The summed E-state index contributed by atoms with van der Waals surface area (Å²) in [6, 6.07) is 0.0891. The smallest absolute Gasteiger partial charge is 0.147 e. The van der Waals surface area contributed by atoms with Crippen molar-refractivity contribution in [3.8, 4) is 0 Å². The largest absolute Gasteiger partial charge is 0.382 e. The summed E-state index contributed by atoms with van der Waals surface area (Å²) in [7, 11) is 1.65. The van der Waals surface area contributed by atoms with Gasteiger partial charge in [0.25, 0.3) is 0 Å². The third-order valence-corrected chi connectivity index (χ3v) is 1.88. The zero-order valence-electron chi connectivity index (χ0n) is 8.32. The van der Waals surface area contributed by atoms with Crippen molar-refractivity contribution in [1.29, 1.82) is 0 Å². The van der Waals surface area contributed by atoms with Crippen LogP contribution in [0.5, 0.6) is 0 Å². The lowest BCUT2D eigenvalue weighted by Gasteiger charge is -2.14. The molecule has 0 fully saturated rings. The van der Waals surface area contributed by atoms with Crippen molar-refractivity contribution in [3.63, 3.8) is 0 Å². The van der Waals surface area contributed by atoms with Gasteiger partial charge in [-0.3, -0.25) is 0 Å². The molecule has 2 N–H and O–H groups in total. The Morgan fingerprint density at radius 1 is 1.54 bits per heavy atom. The molecule has 5 heteroatoms. The molecule has 1 aromatic rings. The zero-order valence-corrected chi connectivity index (χ0v) is 8.32. The van der Waals surface area contributed by atoms with Crippen molar-refractivity contribution < 1.29 is 4.74 Å². The predicted octanol–water partition coefficient (Wildman–Crippen LogP) is 0.0411. The molecule has 0 aliphatic heterocycles. The number of aromatic nitrogens is 3. The van der Waals surface area contributed by atoms with E-state index in [1.165, 1.54) is 0 Å². The van der Waals surface area contributed by atoms with Crippen molar-refractivity contribution in [2.75, 3.05) is 20.3 Å². The van der Waals surface area contributed by atoms with Gasteiger partial charge in [0.15, 0.2) is 0 Å². The molecule has 0 radical (unpaired) electrons. The molecule has 1 atom stereocenters. The highest BCUT2D eigenvalue weighted by molar-refractivity contribution is 4.90. The number of hydrogen-bond acceptors (Lipinski definition) is 4. The molecule has 5 nitrogen and oxygen atoms in total. The van der Waals surface area contributed by atoms with E-state index in [4.69, 9.17) is 10.5 Å². The summed E-state index contributed by atoms with van der Waals surface area (Å²) in [6.07, 6.45) is 0. The highest BCUT2D eigenvalue weighted by Crippen LogP contribution is 2.06. The molecule has 1 heterocycles. The van der Waals surface area contributed by atoms with E-state index < -0.39 is 0 Å². The first kappa shape index (κ1) is 10.1. The fourth-order valence-electron chi connectivity index (χ4n) is 1.31. The summed E-state index contributed by atoms with van der Waals surface area (Å²) >= 11 is 0. The molecular weight excluding hydrogens is 168 g/mol. The van der Waals surface area contributed by atoms with E-state index in [0.29, 0.717) is 13.2 Å². The van der Waals surface area contributed by atoms with Crippen LogP contribution in [-0.4, -0.2) is 35.0 Å². The maximum Gasteiger partial charge on any atom is 0.147 e. The average molecular weight is 184 g/mol. The molecule has 1 rings (SSSR count). The minimum atomic E-state index is 0.0891. The van der Waals surface area contributed by atoms with Crippen LogP contribution in [0.2, 0.25) is 0 Å². The van der Waals surface area contributed by atoms with E-state index in [-0.39, 0.29) is 6.04 Å². The first-order chi connectivity index (χ1) is 6.19. The van der Waals surface area contributed by atoms with E-state index >= 15 is 0 Å². The Hall–Kier alpha value is -0.940. The Kier molecular flexibility index (Phi) is 3.39. The van der Waals surface area contributed by atoms with Crippen molar-refractivity contribution in [3.05, 3.63) is 11.6 Å². The molecule has 74 valence electrons. The standard InChI is InChI=1S/C8H16N4O/c1-6-10-7(2)12(11-6)8(4-9)5-13-3/h8H,4-5,9H2,1-3H3. The molecule has 13 heavy (non-hydrogen) atoms. The van der Waals surface area contributed by atoms with Gasteiger partial charge >= 0.3 is 0 Å². The molecule has 0 aromatic carbocycles. The van der Waals surface area contributed by atoms with Gasteiger partial charge in [0, 0.05) is 13.7 Å². The molecule has 1 unspecified atom stereocenters. The van der Waals surface area contributed by atoms with E-state index in [1.807, 2.05) is 18.5 Å². The summed E-state index contributed by atoms with van der Waals surface area (Å²) in [5.74, 6) is 1.65. The van der Waals surface area contributed by atoms with Crippen molar-refractivity contribution in [2.24, 2.45) is 5.73 Å². The first-order valence-corrected chi connectivity index (χ1v) is 4.27. The van der Waals surface area contributed by atoms with Crippen LogP contribution in [0.1, 0.15) is 17.7 Å². The number of aryl methyl sites for hydroxylation is 2. The Morgan fingerprint density at radius 3 is 2.62 bits per heavy atom. The topological polar surface area (TPSA) is 66.0 Å². The predicted molar refractivity (Wildman–Crippen MR) is 49.5 cm³/mol. The summed E-state index contributed by atoms with van der Waals surface area (Å²) in [5.41, 5.74) is 5.60. The van der Waals surface area contributed by atoms with Gasteiger partial charge in [-0.1, -0.05) is 0 Å². The highest BCUT2D eigenvalue weighted by atomic mass is 16.5. The lowest BCUT2D eigenvalue weighted by Crippen LogP contribution is -2.25. The van der Waals surface area contributed by atoms with E-state index in [0.717, 1.165) is 11.6 Å².